The van der Waals surface area contributed by atoms with Crippen LogP contribution < -0.4 is 5.32 Å². The van der Waals surface area contributed by atoms with E-state index in [4.69, 9.17) is 9.47 Å². The smallest absolute Gasteiger partial charge is 0.347 e. The molecule has 0 spiro atoms. The molecule has 0 fully saturated rings. The summed E-state index contributed by atoms with van der Waals surface area (Å²) < 4.78 is 11.2. The minimum atomic E-state index is -0.732. The molecule has 104 valence electrons. The van der Waals surface area contributed by atoms with Gasteiger partial charge in [0, 0.05) is 25.5 Å². The third-order valence-electron chi connectivity index (χ3n) is 2.07. The molecule has 19 heavy (non-hydrogen) atoms. The lowest BCUT2D eigenvalue weighted by Crippen LogP contribution is -2.19. The van der Waals surface area contributed by atoms with Gasteiger partial charge in [-0.15, -0.1) is 0 Å². The van der Waals surface area contributed by atoms with Crippen molar-refractivity contribution in [2.45, 2.75) is 13.8 Å². The molecule has 0 radical (unpaired) electrons. The standard InChI is InChI=1S/C12H17N3O4/c1-4-18-11(16)9(12(17)19-5-2)8-13-10-6-7-15(3)14-10/h6-8H,4-5H2,1-3H3,(H,13,14). The highest BCUT2D eigenvalue weighted by Gasteiger charge is 2.20. The minimum Gasteiger partial charge on any atom is -0.462 e. The van der Waals surface area contributed by atoms with E-state index in [0.29, 0.717) is 5.82 Å². The lowest BCUT2D eigenvalue weighted by atomic mass is 10.3. The van der Waals surface area contributed by atoms with Crippen LogP contribution in [0, 0.1) is 0 Å². The van der Waals surface area contributed by atoms with Crippen LogP contribution in [-0.2, 0) is 26.1 Å². The number of aryl methyl sites for hydroxylation is 1. The molecule has 0 atom stereocenters. The summed E-state index contributed by atoms with van der Waals surface area (Å²) in [6.45, 7) is 3.68. The van der Waals surface area contributed by atoms with E-state index in [1.54, 1.807) is 37.8 Å². The Kier molecular flexibility index (Phi) is 5.59. The Morgan fingerprint density at radius 1 is 1.32 bits per heavy atom. The number of hydrogen-bond acceptors (Lipinski definition) is 6. The lowest BCUT2D eigenvalue weighted by molar-refractivity contribution is -0.146. The number of esters is 2. The topological polar surface area (TPSA) is 82.5 Å². The molecule has 0 amide bonds. The van der Waals surface area contributed by atoms with Gasteiger partial charge >= 0.3 is 11.9 Å². The number of hydrogen-bond donors (Lipinski definition) is 1. The van der Waals surface area contributed by atoms with E-state index in [2.05, 4.69) is 10.4 Å². The van der Waals surface area contributed by atoms with E-state index >= 15 is 0 Å². The van der Waals surface area contributed by atoms with Gasteiger partial charge < -0.3 is 14.8 Å². The number of ether oxygens (including phenoxy) is 2. The molecule has 0 aliphatic rings. The van der Waals surface area contributed by atoms with E-state index in [0.717, 1.165) is 0 Å². The fourth-order valence-electron chi connectivity index (χ4n) is 1.26. The number of carbonyl (C=O) groups excluding carboxylic acids is 2. The Morgan fingerprint density at radius 2 is 1.89 bits per heavy atom. The van der Waals surface area contributed by atoms with Crippen molar-refractivity contribution < 1.29 is 19.1 Å². The number of nitrogens with zero attached hydrogens (tertiary/aromatic N) is 2. The zero-order valence-corrected chi connectivity index (χ0v) is 11.2. The van der Waals surface area contributed by atoms with Crippen molar-refractivity contribution in [3.63, 3.8) is 0 Å². The van der Waals surface area contributed by atoms with Crippen molar-refractivity contribution in [3.8, 4) is 0 Å². The summed E-state index contributed by atoms with van der Waals surface area (Å²) in [6, 6.07) is 1.70. The zero-order valence-electron chi connectivity index (χ0n) is 11.2. The molecule has 7 nitrogen and oxygen atoms in total. The summed E-state index contributed by atoms with van der Waals surface area (Å²) in [5.41, 5.74) is -0.200. The van der Waals surface area contributed by atoms with Gasteiger partial charge in [0.15, 0.2) is 11.4 Å². The Labute approximate surface area is 111 Å². The highest BCUT2D eigenvalue weighted by molar-refractivity contribution is 6.14. The van der Waals surface area contributed by atoms with Gasteiger partial charge in [-0.1, -0.05) is 0 Å². The van der Waals surface area contributed by atoms with Gasteiger partial charge in [0.2, 0.25) is 0 Å². The Balaban J connectivity index is 2.82. The van der Waals surface area contributed by atoms with E-state index in [9.17, 15) is 9.59 Å². The molecule has 1 aromatic heterocycles. The summed E-state index contributed by atoms with van der Waals surface area (Å²) in [5.74, 6) is -0.956. The quantitative estimate of drug-likeness (QED) is 0.356. The normalized spacial score (nSPS) is 9.63. The van der Waals surface area contributed by atoms with Crippen molar-refractivity contribution in [1.82, 2.24) is 9.78 Å². The first-order chi connectivity index (χ1) is 9.08. The van der Waals surface area contributed by atoms with Crippen LogP contribution >= 0.6 is 0 Å². The van der Waals surface area contributed by atoms with E-state index in [1.807, 2.05) is 0 Å². The van der Waals surface area contributed by atoms with Gasteiger partial charge in [-0.05, 0) is 13.8 Å². The van der Waals surface area contributed by atoms with Gasteiger partial charge in [-0.2, -0.15) is 5.10 Å². The molecule has 1 rings (SSSR count). The van der Waals surface area contributed by atoms with Crippen LogP contribution in [-0.4, -0.2) is 34.9 Å². The second kappa shape index (κ2) is 7.20. The molecule has 0 unspecified atom stereocenters. The van der Waals surface area contributed by atoms with Crippen LogP contribution in [0.2, 0.25) is 0 Å². The summed E-state index contributed by atoms with van der Waals surface area (Å²) in [4.78, 5) is 23.3. The van der Waals surface area contributed by atoms with Gasteiger partial charge in [0.1, 0.15) is 0 Å². The average Bonchev–Trinajstić information content (AvgIpc) is 2.76. The van der Waals surface area contributed by atoms with Crippen molar-refractivity contribution in [2.24, 2.45) is 7.05 Å². The lowest BCUT2D eigenvalue weighted by Gasteiger charge is -2.06. The van der Waals surface area contributed by atoms with Crippen molar-refractivity contribution >= 4 is 17.8 Å². The number of nitrogens with one attached hydrogen (secondary N) is 1. The first kappa shape index (κ1) is 14.7. The van der Waals surface area contributed by atoms with Gasteiger partial charge in [-0.25, -0.2) is 9.59 Å². The Morgan fingerprint density at radius 3 is 2.32 bits per heavy atom. The number of carbonyl (C=O) groups is 2. The van der Waals surface area contributed by atoms with Gasteiger partial charge in [0.25, 0.3) is 0 Å². The summed E-state index contributed by atoms with van der Waals surface area (Å²) in [5, 5.41) is 6.80. The highest BCUT2D eigenvalue weighted by Crippen LogP contribution is 2.06. The minimum absolute atomic E-state index is 0.180. The third kappa shape index (κ3) is 4.46. The summed E-state index contributed by atoms with van der Waals surface area (Å²) in [6.07, 6.45) is 2.96. The second-order valence-electron chi connectivity index (χ2n) is 3.52. The maximum atomic E-state index is 11.6. The maximum Gasteiger partial charge on any atom is 0.347 e. The molecule has 0 aliphatic carbocycles. The number of rotatable bonds is 6. The monoisotopic (exact) mass is 267 g/mol. The fourth-order valence-corrected chi connectivity index (χ4v) is 1.26. The van der Waals surface area contributed by atoms with Crippen LogP contribution in [0.25, 0.3) is 0 Å². The predicted molar refractivity (Wildman–Crippen MR) is 68.2 cm³/mol. The zero-order chi connectivity index (χ0) is 14.3. The summed E-state index contributed by atoms with van der Waals surface area (Å²) in [7, 11) is 1.76. The van der Waals surface area contributed by atoms with E-state index < -0.39 is 11.9 Å². The molecule has 7 heteroatoms. The molecular formula is C12H17N3O4. The van der Waals surface area contributed by atoms with Crippen LogP contribution in [0.4, 0.5) is 5.82 Å². The van der Waals surface area contributed by atoms with Crippen molar-refractivity contribution in [2.75, 3.05) is 18.5 Å². The first-order valence-corrected chi connectivity index (χ1v) is 5.89. The molecular weight excluding hydrogens is 250 g/mol. The van der Waals surface area contributed by atoms with Crippen molar-refractivity contribution in [3.05, 3.63) is 24.0 Å². The van der Waals surface area contributed by atoms with Gasteiger partial charge in [-0.3, -0.25) is 4.68 Å². The SMILES string of the molecule is CCOC(=O)C(=CNc1ccn(C)n1)C(=O)OCC. The van der Waals surface area contributed by atoms with Crippen LogP contribution in [0.3, 0.4) is 0 Å². The molecule has 0 aliphatic heterocycles. The van der Waals surface area contributed by atoms with Crippen molar-refractivity contribution in [1.29, 1.82) is 0 Å². The average molecular weight is 267 g/mol. The molecule has 0 bridgehead atoms. The first-order valence-electron chi connectivity index (χ1n) is 5.89. The number of aromatic nitrogens is 2. The fraction of sp³-hybridized carbons (Fsp3) is 0.417. The Bertz CT molecular complexity index is 459. The molecule has 1 heterocycles. The van der Waals surface area contributed by atoms with Crippen LogP contribution in [0.5, 0.6) is 0 Å². The molecule has 0 saturated heterocycles. The third-order valence-corrected chi connectivity index (χ3v) is 2.07. The number of anilines is 1. The molecule has 1 N–H and O–H groups in total. The largest absolute Gasteiger partial charge is 0.462 e. The van der Waals surface area contributed by atoms with Gasteiger partial charge in [0.05, 0.1) is 13.2 Å². The predicted octanol–water partition coefficient (Wildman–Crippen LogP) is 0.842. The van der Waals surface area contributed by atoms with Crippen LogP contribution in [0.1, 0.15) is 13.8 Å². The Hall–Kier alpha value is -2.31. The second-order valence-corrected chi connectivity index (χ2v) is 3.52. The maximum absolute atomic E-state index is 11.6. The molecule has 1 aromatic rings. The summed E-state index contributed by atoms with van der Waals surface area (Å²) >= 11 is 0. The molecule has 0 aromatic carbocycles. The van der Waals surface area contributed by atoms with E-state index in [-0.39, 0.29) is 18.8 Å². The van der Waals surface area contributed by atoms with E-state index in [1.165, 1.54) is 6.20 Å². The highest BCUT2D eigenvalue weighted by atomic mass is 16.6. The molecule has 0 saturated carbocycles. The van der Waals surface area contributed by atoms with Crippen LogP contribution in [0.15, 0.2) is 24.0 Å².